The molecular weight excluding hydrogens is 250 g/mol. The Kier molecular flexibility index (Phi) is 6.31. The lowest BCUT2D eigenvalue weighted by Crippen LogP contribution is -2.55. The third-order valence-corrected chi connectivity index (χ3v) is 2.56. The summed E-state index contributed by atoms with van der Waals surface area (Å²) in [4.78, 5) is 37.3. The number of hydrogen-bond acceptors (Lipinski definition) is 3. The molecule has 0 bridgehead atoms. The van der Waals surface area contributed by atoms with Crippen molar-refractivity contribution in [3.8, 4) is 0 Å². The summed E-state index contributed by atoms with van der Waals surface area (Å²) in [6.45, 7) is 4.99. The van der Waals surface area contributed by atoms with Crippen molar-refractivity contribution in [1.82, 2.24) is 15.1 Å². The second kappa shape index (κ2) is 6.96. The summed E-state index contributed by atoms with van der Waals surface area (Å²) in [6.07, 6.45) is 0.682. The molecule has 0 aromatic carbocycles. The van der Waals surface area contributed by atoms with Gasteiger partial charge in [0.25, 0.3) is 0 Å². The molecule has 7 nitrogen and oxygen atoms in total. The molecule has 3 amide bonds. The van der Waals surface area contributed by atoms with Gasteiger partial charge in [-0.25, -0.2) is 9.59 Å². The van der Waals surface area contributed by atoms with Gasteiger partial charge in [0.15, 0.2) is 0 Å². The van der Waals surface area contributed by atoms with E-state index in [1.807, 2.05) is 6.92 Å². The first-order valence-electron chi connectivity index (χ1n) is 6.12. The van der Waals surface area contributed by atoms with Gasteiger partial charge in [0.05, 0.1) is 0 Å². The predicted octanol–water partition coefficient (Wildman–Crippen LogP) is 0.359. The molecule has 110 valence electrons. The molecule has 0 aromatic heterocycles. The number of aliphatic carboxylic acids is 1. The summed E-state index contributed by atoms with van der Waals surface area (Å²) in [7, 11) is 3.21. The first-order valence-corrected chi connectivity index (χ1v) is 6.12. The van der Waals surface area contributed by atoms with Crippen molar-refractivity contribution in [2.75, 3.05) is 27.2 Å². The number of rotatable bonds is 6. The third kappa shape index (κ3) is 5.58. The maximum Gasteiger partial charge on any atom is 0.328 e. The number of likely N-dealkylation sites (N-methyl/N-ethyl adjacent to an activating group) is 1. The third-order valence-electron chi connectivity index (χ3n) is 2.56. The fraction of sp³-hybridized carbons (Fsp3) is 0.750. The molecule has 0 aliphatic heterocycles. The molecule has 0 atom stereocenters. The molecule has 0 heterocycles. The highest BCUT2D eigenvalue weighted by atomic mass is 16.4. The van der Waals surface area contributed by atoms with E-state index < -0.39 is 17.5 Å². The number of hydrogen-bond donors (Lipinski definition) is 2. The fourth-order valence-corrected chi connectivity index (χ4v) is 1.23. The van der Waals surface area contributed by atoms with Gasteiger partial charge >= 0.3 is 12.0 Å². The van der Waals surface area contributed by atoms with Crippen LogP contribution >= 0.6 is 0 Å². The summed E-state index contributed by atoms with van der Waals surface area (Å²) in [5.74, 6) is -1.34. The SMILES string of the molecule is CCCN(CC(=O)N(C)C)C(=O)NC(C)(C)C(=O)O. The zero-order valence-corrected chi connectivity index (χ0v) is 12.2. The van der Waals surface area contributed by atoms with E-state index in [1.54, 1.807) is 14.1 Å². The molecule has 0 saturated carbocycles. The maximum absolute atomic E-state index is 12.0. The van der Waals surface area contributed by atoms with Crippen molar-refractivity contribution >= 4 is 17.9 Å². The highest BCUT2D eigenvalue weighted by Gasteiger charge is 2.31. The van der Waals surface area contributed by atoms with Gasteiger partial charge in [-0.2, -0.15) is 0 Å². The van der Waals surface area contributed by atoms with E-state index >= 15 is 0 Å². The van der Waals surface area contributed by atoms with Crippen LogP contribution in [-0.4, -0.2) is 65.5 Å². The Morgan fingerprint density at radius 1 is 1.21 bits per heavy atom. The monoisotopic (exact) mass is 273 g/mol. The number of nitrogens with one attached hydrogen (secondary N) is 1. The Hall–Kier alpha value is -1.79. The molecule has 0 unspecified atom stereocenters. The van der Waals surface area contributed by atoms with Crippen molar-refractivity contribution in [2.24, 2.45) is 0 Å². The van der Waals surface area contributed by atoms with Gasteiger partial charge in [0, 0.05) is 20.6 Å². The second-order valence-corrected chi connectivity index (χ2v) is 5.07. The standard InChI is InChI=1S/C12H23N3O4/c1-6-7-15(8-9(16)14(4)5)11(19)13-12(2,3)10(17)18/h6-8H2,1-5H3,(H,13,19)(H,17,18). The van der Waals surface area contributed by atoms with Gasteiger partial charge in [0.2, 0.25) is 5.91 Å². The fourth-order valence-electron chi connectivity index (χ4n) is 1.23. The predicted molar refractivity (Wildman–Crippen MR) is 70.8 cm³/mol. The van der Waals surface area contributed by atoms with E-state index in [0.717, 1.165) is 0 Å². The number of carbonyl (C=O) groups is 3. The quantitative estimate of drug-likeness (QED) is 0.731. The van der Waals surface area contributed by atoms with Crippen LogP contribution in [0.3, 0.4) is 0 Å². The van der Waals surface area contributed by atoms with Crippen LogP contribution < -0.4 is 5.32 Å². The van der Waals surface area contributed by atoms with Gasteiger partial charge in [-0.05, 0) is 20.3 Å². The number of carboxylic acid groups (broad SMARTS) is 1. The summed E-state index contributed by atoms with van der Waals surface area (Å²) in [5.41, 5.74) is -1.37. The van der Waals surface area contributed by atoms with E-state index in [-0.39, 0.29) is 12.5 Å². The number of carboxylic acids is 1. The van der Waals surface area contributed by atoms with Crippen LogP contribution in [-0.2, 0) is 9.59 Å². The first-order chi connectivity index (χ1) is 8.61. The Bertz CT molecular complexity index is 353. The van der Waals surface area contributed by atoms with Crippen LogP contribution in [0.25, 0.3) is 0 Å². The van der Waals surface area contributed by atoms with Crippen LogP contribution in [0.15, 0.2) is 0 Å². The topological polar surface area (TPSA) is 90.0 Å². The molecule has 19 heavy (non-hydrogen) atoms. The van der Waals surface area contributed by atoms with Crippen molar-refractivity contribution in [3.63, 3.8) is 0 Å². The number of nitrogens with zero attached hydrogens (tertiary/aromatic N) is 2. The van der Waals surface area contributed by atoms with Gasteiger partial charge < -0.3 is 20.2 Å². The van der Waals surface area contributed by atoms with E-state index in [0.29, 0.717) is 13.0 Å². The van der Waals surface area contributed by atoms with Crippen LogP contribution in [0.2, 0.25) is 0 Å². The van der Waals surface area contributed by atoms with Crippen LogP contribution in [0.4, 0.5) is 4.79 Å². The average molecular weight is 273 g/mol. The van der Waals surface area contributed by atoms with Crippen LogP contribution in [0.5, 0.6) is 0 Å². The van der Waals surface area contributed by atoms with Gasteiger partial charge in [-0.3, -0.25) is 4.79 Å². The highest BCUT2D eigenvalue weighted by Crippen LogP contribution is 2.04. The molecule has 0 radical (unpaired) electrons. The van der Waals surface area contributed by atoms with Gasteiger partial charge in [-0.1, -0.05) is 6.92 Å². The van der Waals surface area contributed by atoms with E-state index in [4.69, 9.17) is 5.11 Å². The minimum Gasteiger partial charge on any atom is -0.480 e. The zero-order chi connectivity index (χ0) is 15.2. The molecule has 0 aromatic rings. The lowest BCUT2D eigenvalue weighted by Gasteiger charge is -2.28. The highest BCUT2D eigenvalue weighted by molar-refractivity contribution is 5.88. The van der Waals surface area contributed by atoms with Crippen molar-refractivity contribution < 1.29 is 19.5 Å². The van der Waals surface area contributed by atoms with Gasteiger partial charge in [-0.15, -0.1) is 0 Å². The van der Waals surface area contributed by atoms with E-state index in [2.05, 4.69) is 5.32 Å². The second-order valence-electron chi connectivity index (χ2n) is 5.07. The van der Waals surface area contributed by atoms with Crippen LogP contribution in [0.1, 0.15) is 27.2 Å². The average Bonchev–Trinajstić information content (AvgIpc) is 2.27. The Balaban J connectivity index is 4.75. The number of amides is 3. The van der Waals surface area contributed by atoms with E-state index in [1.165, 1.54) is 23.6 Å². The minimum atomic E-state index is -1.37. The summed E-state index contributed by atoms with van der Waals surface area (Å²) < 4.78 is 0. The zero-order valence-electron chi connectivity index (χ0n) is 12.2. The molecule has 0 rings (SSSR count). The van der Waals surface area contributed by atoms with Crippen molar-refractivity contribution in [1.29, 1.82) is 0 Å². The molecular formula is C12H23N3O4. The number of carbonyl (C=O) groups excluding carboxylic acids is 2. The largest absolute Gasteiger partial charge is 0.480 e. The Labute approximate surface area is 113 Å². The Morgan fingerprint density at radius 3 is 2.11 bits per heavy atom. The summed E-state index contributed by atoms with van der Waals surface area (Å²) in [5, 5.41) is 11.4. The lowest BCUT2D eigenvalue weighted by atomic mass is 10.1. The molecule has 0 aliphatic carbocycles. The first kappa shape index (κ1) is 17.2. The molecule has 0 fully saturated rings. The number of urea groups is 1. The maximum atomic E-state index is 12.0. The van der Waals surface area contributed by atoms with Crippen LogP contribution in [0, 0.1) is 0 Å². The molecule has 0 spiro atoms. The summed E-state index contributed by atoms with van der Waals surface area (Å²) >= 11 is 0. The minimum absolute atomic E-state index is 0.0671. The smallest absolute Gasteiger partial charge is 0.328 e. The molecule has 2 N–H and O–H groups in total. The summed E-state index contributed by atoms with van der Waals surface area (Å²) in [6, 6.07) is -0.551. The van der Waals surface area contributed by atoms with Crippen molar-refractivity contribution in [2.45, 2.75) is 32.7 Å². The Morgan fingerprint density at radius 2 is 1.74 bits per heavy atom. The lowest BCUT2D eigenvalue weighted by molar-refractivity contribution is -0.143. The normalized spacial score (nSPS) is 10.8. The molecule has 7 heteroatoms. The van der Waals surface area contributed by atoms with Crippen molar-refractivity contribution in [3.05, 3.63) is 0 Å². The molecule has 0 saturated heterocycles. The van der Waals surface area contributed by atoms with Gasteiger partial charge in [0.1, 0.15) is 12.1 Å². The molecule has 0 aliphatic rings. The van der Waals surface area contributed by atoms with E-state index in [9.17, 15) is 14.4 Å².